The summed E-state index contributed by atoms with van der Waals surface area (Å²) < 4.78 is 0. The molecule has 0 heterocycles. The fourth-order valence-corrected chi connectivity index (χ4v) is 0.273. The van der Waals surface area contributed by atoms with Crippen molar-refractivity contribution in [3.05, 3.63) is 0 Å². The van der Waals surface area contributed by atoms with Crippen LogP contribution >= 0.6 is 12.2 Å². The molecule has 3 heteroatoms. The smallest absolute Gasteiger partial charge is 0.219 e. The Labute approximate surface area is 54.5 Å². The third-order valence-electron chi connectivity index (χ3n) is 0.839. The average Bonchev–Trinajstić information content (AvgIpc) is 1.67. The maximum absolute atomic E-state index is 9.69. The lowest BCUT2D eigenvalue weighted by Crippen LogP contribution is -2.23. The van der Waals surface area contributed by atoms with Gasteiger partial charge in [0.1, 0.15) is 0 Å². The Morgan fingerprint density at radius 3 is 2.50 bits per heavy atom. The van der Waals surface area contributed by atoms with Crippen molar-refractivity contribution in [2.24, 2.45) is 0 Å². The maximum atomic E-state index is 9.69. The van der Waals surface area contributed by atoms with Crippen LogP contribution < -0.4 is 0 Å². The molecule has 0 saturated carbocycles. The Kier molecular flexibility index (Phi) is 3.35. The van der Waals surface area contributed by atoms with Crippen LogP contribution in [0.3, 0.4) is 0 Å². The van der Waals surface area contributed by atoms with Crippen LogP contribution in [0.25, 0.3) is 0 Å². The van der Waals surface area contributed by atoms with Gasteiger partial charge in [-0.1, -0.05) is 12.2 Å². The van der Waals surface area contributed by atoms with Crippen molar-refractivity contribution in [1.29, 1.82) is 0 Å². The normalized spacial score (nSPS) is 8.25. The van der Waals surface area contributed by atoms with Gasteiger partial charge in [-0.05, 0) is 6.92 Å². The minimum Gasteiger partial charge on any atom is -0.362 e. The fraction of sp³-hybridized carbons (Fsp3) is 0.600. The zero-order chi connectivity index (χ0) is 6.57. The summed E-state index contributed by atoms with van der Waals surface area (Å²) in [6, 6.07) is 0. The van der Waals surface area contributed by atoms with Gasteiger partial charge in [0.25, 0.3) is 0 Å². The second kappa shape index (κ2) is 3.55. The molecule has 0 spiro atoms. The minimum atomic E-state index is 0.273. The average molecular weight is 130 g/mol. The topological polar surface area (TPSA) is 20.3 Å². The van der Waals surface area contributed by atoms with Gasteiger partial charge in [-0.15, -0.1) is 0 Å². The molecule has 0 aliphatic heterocycles. The first-order chi connectivity index (χ1) is 3.68. The molecule has 0 aromatic carbocycles. The number of likely N-dealkylation sites (N-methyl/N-ethyl adjacent to an activating group) is 1. The minimum absolute atomic E-state index is 0.273. The van der Waals surface area contributed by atoms with Gasteiger partial charge >= 0.3 is 0 Å². The quantitative estimate of drug-likeness (QED) is 0.504. The third-order valence-corrected chi connectivity index (χ3v) is 1.15. The number of hydrogen-bond donors (Lipinski definition) is 0. The number of nitrogens with zero attached hydrogens (tertiary/aromatic N) is 1. The van der Waals surface area contributed by atoms with E-state index in [9.17, 15) is 4.79 Å². The molecule has 0 atom stereocenters. The largest absolute Gasteiger partial charge is 0.362 e. The van der Waals surface area contributed by atoms with Crippen LogP contribution in [0.4, 0.5) is 0 Å². The van der Waals surface area contributed by atoms with Gasteiger partial charge in [-0.3, -0.25) is 4.79 Å². The molecule has 0 aromatic rings. The third kappa shape index (κ3) is 2.69. The fourth-order valence-electron chi connectivity index (χ4n) is 0.208. The van der Waals surface area contributed by atoms with Gasteiger partial charge in [0.2, 0.25) is 6.29 Å². The molecule has 0 saturated heterocycles. The second-order valence-corrected chi connectivity index (χ2v) is 2.11. The van der Waals surface area contributed by atoms with Gasteiger partial charge in [0.05, 0.1) is 11.5 Å². The molecule has 1 radical (unpaired) electrons. The lowest BCUT2D eigenvalue weighted by Gasteiger charge is -2.11. The summed E-state index contributed by atoms with van der Waals surface area (Å²) in [7, 11) is 1.76. The van der Waals surface area contributed by atoms with Crippen LogP contribution in [-0.2, 0) is 4.79 Å². The molecule has 0 fully saturated rings. The lowest BCUT2D eigenvalue weighted by molar-refractivity contribution is 0.515. The van der Waals surface area contributed by atoms with Crippen molar-refractivity contribution >= 4 is 23.5 Å². The highest BCUT2D eigenvalue weighted by Crippen LogP contribution is 1.81. The van der Waals surface area contributed by atoms with Crippen LogP contribution in [0.15, 0.2) is 0 Å². The van der Waals surface area contributed by atoms with Crippen LogP contribution in [0.5, 0.6) is 0 Å². The van der Waals surface area contributed by atoms with E-state index < -0.39 is 0 Å². The molecular weight excluding hydrogens is 122 g/mol. The van der Waals surface area contributed by atoms with E-state index in [2.05, 4.69) is 0 Å². The molecule has 0 amide bonds. The predicted octanol–water partition coefficient (Wildman–Crippen LogP) is 0.375. The first-order valence-electron chi connectivity index (χ1n) is 2.25. The predicted molar refractivity (Wildman–Crippen MR) is 36.6 cm³/mol. The van der Waals surface area contributed by atoms with E-state index in [-0.39, 0.29) is 6.54 Å². The number of rotatable bonds is 2. The van der Waals surface area contributed by atoms with Crippen molar-refractivity contribution in [3.8, 4) is 0 Å². The monoisotopic (exact) mass is 130 g/mol. The van der Waals surface area contributed by atoms with Gasteiger partial charge in [-0.2, -0.15) is 0 Å². The Hall–Kier alpha value is -0.440. The molecule has 0 aromatic heterocycles. The van der Waals surface area contributed by atoms with Gasteiger partial charge in [-0.25, -0.2) is 0 Å². The first kappa shape index (κ1) is 7.56. The summed E-state index contributed by atoms with van der Waals surface area (Å²) >= 11 is 4.73. The van der Waals surface area contributed by atoms with Gasteiger partial charge < -0.3 is 4.90 Å². The number of carbonyl (C=O) groups excluding carboxylic acids is 1. The summed E-state index contributed by atoms with van der Waals surface area (Å²) in [5, 5.41) is 0. The van der Waals surface area contributed by atoms with Crippen molar-refractivity contribution in [2.75, 3.05) is 13.6 Å². The Balaban J connectivity index is 3.46. The van der Waals surface area contributed by atoms with Crippen LogP contribution in [0.1, 0.15) is 6.92 Å². The van der Waals surface area contributed by atoms with E-state index in [1.165, 1.54) is 0 Å². The molecule has 45 valence electrons. The first-order valence-corrected chi connectivity index (χ1v) is 2.66. The van der Waals surface area contributed by atoms with E-state index in [1.54, 1.807) is 25.2 Å². The van der Waals surface area contributed by atoms with Crippen molar-refractivity contribution in [1.82, 2.24) is 4.90 Å². The lowest BCUT2D eigenvalue weighted by atomic mass is 10.6. The molecule has 0 aliphatic carbocycles. The Bertz CT molecular complexity index is 103. The van der Waals surface area contributed by atoms with E-state index in [0.29, 0.717) is 4.99 Å². The summed E-state index contributed by atoms with van der Waals surface area (Å²) in [5.74, 6) is 0. The van der Waals surface area contributed by atoms with E-state index in [1.807, 2.05) is 0 Å². The highest BCUT2D eigenvalue weighted by Gasteiger charge is 1.93. The summed E-state index contributed by atoms with van der Waals surface area (Å²) in [5.41, 5.74) is 0. The molecule has 2 nitrogen and oxygen atoms in total. The SMILES string of the molecule is CC(=S)N(C)C[C]=O. The van der Waals surface area contributed by atoms with Crippen LogP contribution in [-0.4, -0.2) is 29.8 Å². The molecule has 0 bridgehead atoms. The Morgan fingerprint density at radius 2 is 2.38 bits per heavy atom. The second-order valence-electron chi connectivity index (χ2n) is 1.52. The Morgan fingerprint density at radius 1 is 1.88 bits per heavy atom. The molecular formula is C5H8NOS. The molecule has 0 rings (SSSR count). The summed E-state index contributed by atoms with van der Waals surface area (Å²) in [6.07, 6.45) is 1.74. The maximum Gasteiger partial charge on any atom is 0.219 e. The molecule has 8 heavy (non-hydrogen) atoms. The van der Waals surface area contributed by atoms with Gasteiger partial charge in [0.15, 0.2) is 0 Å². The van der Waals surface area contributed by atoms with Crippen molar-refractivity contribution in [2.45, 2.75) is 6.92 Å². The van der Waals surface area contributed by atoms with Crippen molar-refractivity contribution < 1.29 is 4.79 Å². The number of thiocarbonyl (C=S) groups is 1. The zero-order valence-electron chi connectivity index (χ0n) is 4.97. The standard InChI is InChI=1S/C5H8NOS/c1-5(8)6(2)3-4-7/h3H2,1-2H3. The summed E-state index contributed by atoms with van der Waals surface area (Å²) in [6.45, 7) is 2.04. The van der Waals surface area contributed by atoms with Crippen LogP contribution in [0, 0.1) is 0 Å². The van der Waals surface area contributed by atoms with Gasteiger partial charge in [0, 0.05) is 7.05 Å². The number of hydrogen-bond acceptors (Lipinski definition) is 2. The van der Waals surface area contributed by atoms with Crippen LogP contribution in [0.2, 0.25) is 0 Å². The molecule has 0 N–H and O–H groups in total. The zero-order valence-corrected chi connectivity index (χ0v) is 5.79. The van der Waals surface area contributed by atoms with E-state index >= 15 is 0 Å². The van der Waals surface area contributed by atoms with E-state index in [0.717, 1.165) is 0 Å². The molecule has 0 unspecified atom stereocenters. The highest BCUT2D eigenvalue weighted by atomic mass is 32.1. The molecule has 0 aliphatic rings. The van der Waals surface area contributed by atoms with E-state index in [4.69, 9.17) is 12.2 Å². The highest BCUT2D eigenvalue weighted by molar-refractivity contribution is 7.80. The van der Waals surface area contributed by atoms with Crippen molar-refractivity contribution in [3.63, 3.8) is 0 Å². The summed E-state index contributed by atoms with van der Waals surface area (Å²) in [4.78, 5) is 12.1.